The normalized spacial score (nSPS) is 11.5. The molecule has 0 aliphatic carbocycles. The third-order valence-electron chi connectivity index (χ3n) is 1.43. The molecule has 0 spiro atoms. The largest absolute Gasteiger partial charge is 0.319 e. The van der Waals surface area contributed by atoms with Crippen LogP contribution in [0.1, 0.15) is 0 Å². The summed E-state index contributed by atoms with van der Waals surface area (Å²) < 4.78 is 24.3. The smallest absolute Gasteiger partial charge is 0.133 e. The number of benzene rings is 1. The van der Waals surface area contributed by atoms with Gasteiger partial charge in [0.15, 0.2) is 0 Å². The Kier molecular flexibility index (Phi) is 2.15. The Morgan fingerprint density at radius 2 is 1.82 bits per heavy atom. The van der Waals surface area contributed by atoms with Crippen LogP contribution in [0.2, 0.25) is 0 Å². The van der Waals surface area contributed by atoms with Crippen molar-refractivity contribution in [1.29, 1.82) is 0 Å². The van der Waals surface area contributed by atoms with Crippen LogP contribution in [0.5, 0.6) is 0 Å². The van der Waals surface area contributed by atoms with Crippen LogP contribution < -0.4 is 5.30 Å². The maximum absolute atomic E-state index is 12.9. The van der Waals surface area contributed by atoms with Gasteiger partial charge in [-0.05, 0) is 25.5 Å². The first-order valence-corrected chi connectivity index (χ1v) is 5.92. The van der Waals surface area contributed by atoms with Crippen molar-refractivity contribution in [2.24, 2.45) is 0 Å². The molecule has 1 nitrogen and oxygen atoms in total. The van der Waals surface area contributed by atoms with Crippen molar-refractivity contribution in [3.05, 3.63) is 30.1 Å². The van der Waals surface area contributed by atoms with Crippen molar-refractivity contribution in [3.63, 3.8) is 0 Å². The van der Waals surface area contributed by atoms with Gasteiger partial charge in [-0.15, -0.1) is 0 Å². The van der Waals surface area contributed by atoms with Gasteiger partial charge in [0.05, 0.1) is 0 Å². The predicted octanol–water partition coefficient (Wildman–Crippen LogP) is 2.07. The molecule has 0 bridgehead atoms. The van der Waals surface area contributed by atoms with E-state index in [1.54, 1.807) is 31.5 Å². The highest BCUT2D eigenvalue weighted by atomic mass is 31.2. The summed E-state index contributed by atoms with van der Waals surface area (Å²) in [6, 6.07) is 6.18. The van der Waals surface area contributed by atoms with Gasteiger partial charge < -0.3 is 4.57 Å². The van der Waals surface area contributed by atoms with E-state index in [2.05, 4.69) is 0 Å². The Bertz CT molecular complexity index is 303. The minimum Gasteiger partial charge on any atom is -0.319 e. The van der Waals surface area contributed by atoms with E-state index in [9.17, 15) is 8.96 Å². The van der Waals surface area contributed by atoms with E-state index >= 15 is 0 Å². The molecule has 0 unspecified atom stereocenters. The average molecular weight is 172 g/mol. The van der Waals surface area contributed by atoms with E-state index in [0.29, 0.717) is 5.30 Å². The Labute approximate surface area is 65.6 Å². The maximum atomic E-state index is 12.9. The molecular weight excluding hydrogens is 162 g/mol. The summed E-state index contributed by atoms with van der Waals surface area (Å²) in [6.45, 7) is 3.12. The minimum atomic E-state index is -2.43. The number of halogens is 1. The number of rotatable bonds is 1. The van der Waals surface area contributed by atoms with Gasteiger partial charge in [-0.25, -0.2) is 4.39 Å². The SMILES string of the molecule is CP(C)(=O)c1ccccc1F. The second-order valence-corrected chi connectivity index (χ2v) is 5.99. The van der Waals surface area contributed by atoms with Gasteiger partial charge in [0.25, 0.3) is 0 Å². The highest BCUT2D eigenvalue weighted by Gasteiger charge is 2.14. The van der Waals surface area contributed by atoms with Crippen molar-refractivity contribution in [2.45, 2.75) is 0 Å². The molecule has 0 radical (unpaired) electrons. The lowest BCUT2D eigenvalue weighted by atomic mass is 10.3. The van der Waals surface area contributed by atoms with E-state index in [4.69, 9.17) is 0 Å². The maximum Gasteiger partial charge on any atom is 0.133 e. The van der Waals surface area contributed by atoms with Crippen LogP contribution in [0.3, 0.4) is 0 Å². The fourth-order valence-corrected chi connectivity index (χ4v) is 1.92. The summed E-state index contributed by atoms with van der Waals surface area (Å²) in [7, 11) is -2.43. The van der Waals surface area contributed by atoms with Crippen molar-refractivity contribution < 1.29 is 8.96 Å². The summed E-state index contributed by atoms with van der Waals surface area (Å²) in [4.78, 5) is 0. The molecule has 1 rings (SSSR count). The topological polar surface area (TPSA) is 17.1 Å². The average Bonchev–Trinajstić information content (AvgIpc) is 1.86. The van der Waals surface area contributed by atoms with E-state index < -0.39 is 7.14 Å². The summed E-state index contributed by atoms with van der Waals surface area (Å²) >= 11 is 0. The van der Waals surface area contributed by atoms with Crippen LogP contribution >= 0.6 is 7.14 Å². The fourth-order valence-electron chi connectivity index (χ4n) is 0.888. The molecular formula is C8H10FOP. The van der Waals surface area contributed by atoms with E-state index in [-0.39, 0.29) is 5.82 Å². The molecule has 0 saturated carbocycles. The molecule has 0 atom stereocenters. The van der Waals surface area contributed by atoms with Gasteiger partial charge in [-0.1, -0.05) is 12.1 Å². The summed E-state index contributed by atoms with van der Waals surface area (Å²) in [5.74, 6) is -0.374. The molecule has 1 aromatic rings. The summed E-state index contributed by atoms with van der Waals surface area (Å²) in [5, 5.41) is 0.333. The molecule has 0 saturated heterocycles. The first-order chi connectivity index (χ1) is 5.02. The lowest BCUT2D eigenvalue weighted by Gasteiger charge is -2.06. The third kappa shape index (κ3) is 1.90. The summed E-state index contributed by atoms with van der Waals surface area (Å²) in [6.07, 6.45) is 0. The second kappa shape index (κ2) is 2.78. The number of hydrogen-bond donors (Lipinski definition) is 0. The first kappa shape index (κ1) is 8.48. The zero-order chi connectivity index (χ0) is 8.48. The molecule has 60 valence electrons. The molecule has 0 fully saturated rings. The van der Waals surface area contributed by atoms with Crippen LogP contribution in [0, 0.1) is 5.82 Å². The van der Waals surface area contributed by atoms with E-state index in [1.165, 1.54) is 6.07 Å². The van der Waals surface area contributed by atoms with Crippen LogP contribution in [0.15, 0.2) is 24.3 Å². The standard InChI is InChI=1S/C8H10FOP/c1-11(2,10)8-6-4-3-5-7(8)9/h3-6H,1-2H3. The predicted molar refractivity (Wildman–Crippen MR) is 45.5 cm³/mol. The van der Waals surface area contributed by atoms with Crippen LogP contribution in [-0.4, -0.2) is 13.3 Å². The third-order valence-corrected chi connectivity index (χ3v) is 2.96. The van der Waals surface area contributed by atoms with Crippen LogP contribution in [-0.2, 0) is 4.57 Å². The highest BCUT2D eigenvalue weighted by molar-refractivity contribution is 7.70. The lowest BCUT2D eigenvalue weighted by molar-refractivity contribution is 0.584. The van der Waals surface area contributed by atoms with Gasteiger partial charge in [-0.3, -0.25) is 0 Å². The lowest BCUT2D eigenvalue weighted by Crippen LogP contribution is -2.07. The second-order valence-electron chi connectivity index (χ2n) is 2.80. The minimum absolute atomic E-state index is 0.333. The zero-order valence-corrected chi connectivity index (χ0v) is 7.44. The van der Waals surface area contributed by atoms with Crippen molar-refractivity contribution in [1.82, 2.24) is 0 Å². The molecule has 11 heavy (non-hydrogen) atoms. The van der Waals surface area contributed by atoms with Crippen molar-refractivity contribution >= 4 is 12.4 Å². The quantitative estimate of drug-likeness (QED) is 0.592. The van der Waals surface area contributed by atoms with E-state index in [1.807, 2.05) is 0 Å². The molecule has 0 aromatic heterocycles. The Hall–Kier alpha value is -0.620. The molecule has 0 amide bonds. The fraction of sp³-hybridized carbons (Fsp3) is 0.250. The Morgan fingerprint density at radius 3 is 2.18 bits per heavy atom. The molecule has 3 heteroatoms. The molecule has 0 N–H and O–H groups in total. The highest BCUT2D eigenvalue weighted by Crippen LogP contribution is 2.35. The molecule has 0 aliphatic heterocycles. The zero-order valence-electron chi connectivity index (χ0n) is 6.54. The van der Waals surface area contributed by atoms with Gasteiger partial charge >= 0.3 is 0 Å². The van der Waals surface area contributed by atoms with Crippen LogP contribution in [0.25, 0.3) is 0 Å². The van der Waals surface area contributed by atoms with Gasteiger partial charge in [-0.2, -0.15) is 0 Å². The van der Waals surface area contributed by atoms with Crippen molar-refractivity contribution in [3.8, 4) is 0 Å². The molecule has 0 heterocycles. The Morgan fingerprint density at radius 1 is 1.27 bits per heavy atom. The monoisotopic (exact) mass is 172 g/mol. The summed E-state index contributed by atoms with van der Waals surface area (Å²) in [5.41, 5.74) is 0. The van der Waals surface area contributed by atoms with Gasteiger partial charge in [0.1, 0.15) is 13.0 Å². The molecule has 0 aliphatic rings. The number of hydrogen-bond acceptors (Lipinski definition) is 1. The molecule has 1 aromatic carbocycles. The van der Waals surface area contributed by atoms with Gasteiger partial charge in [0.2, 0.25) is 0 Å². The Balaban J connectivity index is 3.25. The van der Waals surface area contributed by atoms with E-state index in [0.717, 1.165) is 0 Å². The first-order valence-electron chi connectivity index (χ1n) is 3.32. The van der Waals surface area contributed by atoms with Gasteiger partial charge in [0, 0.05) is 5.30 Å². The van der Waals surface area contributed by atoms with Crippen LogP contribution in [0.4, 0.5) is 4.39 Å². The van der Waals surface area contributed by atoms with Crippen molar-refractivity contribution in [2.75, 3.05) is 13.3 Å².